The van der Waals surface area contributed by atoms with Gasteiger partial charge in [0, 0.05) is 34.3 Å². The molecule has 35 heavy (non-hydrogen) atoms. The lowest BCUT2D eigenvalue weighted by atomic mass is 9.96. The molecule has 3 aromatic carbocycles. The van der Waals surface area contributed by atoms with Gasteiger partial charge in [-0.1, -0.05) is 74.5 Å². The molecule has 0 radical (unpaired) electrons. The molecular weight excluding hydrogens is 461 g/mol. The summed E-state index contributed by atoms with van der Waals surface area (Å²) in [7, 11) is -1.87. The lowest BCUT2D eigenvalue weighted by molar-refractivity contribution is 0.0391. The summed E-state index contributed by atoms with van der Waals surface area (Å²) in [6.07, 6.45) is 1.44. The highest BCUT2D eigenvalue weighted by Crippen LogP contribution is 2.67. The highest BCUT2D eigenvalue weighted by Gasteiger charge is 2.46. The number of aromatic nitrogens is 1. The maximum atomic E-state index is 14.6. The van der Waals surface area contributed by atoms with Crippen molar-refractivity contribution in [3.05, 3.63) is 94.5 Å². The summed E-state index contributed by atoms with van der Waals surface area (Å²) in [5.74, 6) is 0. The molecule has 2 aromatic heterocycles. The lowest BCUT2D eigenvalue weighted by Gasteiger charge is -2.38. The molecule has 1 fully saturated rings. The van der Waals surface area contributed by atoms with Crippen LogP contribution in [0.1, 0.15) is 30.6 Å². The van der Waals surface area contributed by atoms with Gasteiger partial charge in [0.05, 0.1) is 13.2 Å². The molecule has 1 atom stereocenters. The first-order chi connectivity index (χ1) is 16.8. The van der Waals surface area contributed by atoms with Crippen molar-refractivity contribution in [1.29, 1.82) is 0 Å². The Morgan fingerprint density at radius 3 is 2.31 bits per heavy atom. The predicted octanol–water partition coefficient (Wildman–Crippen LogP) is 6.79. The van der Waals surface area contributed by atoms with Crippen LogP contribution in [0.4, 0.5) is 0 Å². The molecule has 0 aliphatic carbocycles. The highest BCUT2D eigenvalue weighted by atomic mass is 31.2. The van der Waals surface area contributed by atoms with Gasteiger partial charge in [0.15, 0.2) is 0 Å². The topological polar surface area (TPSA) is 70.7 Å². The number of fused-ring (bicyclic) bond motifs is 4. The molecule has 178 valence electrons. The van der Waals surface area contributed by atoms with Gasteiger partial charge in [0.2, 0.25) is 0 Å². The largest absolute Gasteiger partial charge is 0.429 e. The summed E-state index contributed by atoms with van der Waals surface area (Å²) in [4.78, 5) is 12.9. The molecule has 7 heteroatoms. The number of rotatable bonds is 3. The van der Waals surface area contributed by atoms with Crippen LogP contribution in [-0.2, 0) is 20.7 Å². The van der Waals surface area contributed by atoms with E-state index in [9.17, 15) is 9.36 Å². The van der Waals surface area contributed by atoms with Crippen molar-refractivity contribution >= 4 is 40.2 Å². The Hall–Kier alpha value is -3.18. The standard InChI is InChI=1S/C28H26NO5P/c1-28(2)16-33-35(31,34-17-28)26(20-13-8-10-18-9-4-5-11-19(18)20)22-15-32-27(30)25-24(22)21-12-6-7-14-23(21)29(25)3/h4-15,26H,16-17H2,1-3H3. The van der Waals surface area contributed by atoms with E-state index in [1.807, 2.05) is 92.2 Å². The van der Waals surface area contributed by atoms with E-state index >= 15 is 0 Å². The first-order valence-corrected chi connectivity index (χ1v) is 13.3. The minimum Gasteiger partial charge on any atom is -0.429 e. The monoisotopic (exact) mass is 487 g/mol. The average molecular weight is 487 g/mol. The van der Waals surface area contributed by atoms with Gasteiger partial charge in [-0.15, -0.1) is 0 Å². The van der Waals surface area contributed by atoms with Crippen LogP contribution >= 0.6 is 7.60 Å². The van der Waals surface area contributed by atoms with E-state index in [0.717, 1.165) is 27.2 Å². The van der Waals surface area contributed by atoms with Gasteiger partial charge in [-0.3, -0.25) is 4.57 Å². The van der Waals surface area contributed by atoms with Crippen LogP contribution in [0.15, 0.2) is 82.2 Å². The first kappa shape index (κ1) is 22.3. The third-order valence-electron chi connectivity index (χ3n) is 6.88. The van der Waals surface area contributed by atoms with E-state index in [1.54, 1.807) is 0 Å². The molecule has 1 aliphatic heterocycles. The van der Waals surface area contributed by atoms with Crippen molar-refractivity contribution < 1.29 is 18.0 Å². The zero-order valence-corrected chi connectivity index (χ0v) is 20.7. The Morgan fingerprint density at radius 1 is 0.886 bits per heavy atom. The number of nitrogens with zero attached hydrogens (tertiary/aromatic N) is 1. The van der Waals surface area contributed by atoms with Crippen molar-refractivity contribution in [2.45, 2.75) is 19.5 Å². The summed E-state index contributed by atoms with van der Waals surface area (Å²) in [5.41, 5.74) is 1.29. The lowest BCUT2D eigenvalue weighted by Crippen LogP contribution is -2.31. The molecule has 6 rings (SSSR count). The van der Waals surface area contributed by atoms with E-state index in [4.69, 9.17) is 13.5 Å². The second-order valence-corrected chi connectivity index (χ2v) is 12.1. The summed E-state index contributed by atoms with van der Waals surface area (Å²) in [6.45, 7) is 4.66. The van der Waals surface area contributed by atoms with E-state index in [0.29, 0.717) is 29.7 Å². The van der Waals surface area contributed by atoms with Crippen molar-refractivity contribution in [3.8, 4) is 0 Å². The molecule has 1 aliphatic rings. The Morgan fingerprint density at radius 2 is 1.54 bits per heavy atom. The van der Waals surface area contributed by atoms with E-state index < -0.39 is 18.9 Å². The fraction of sp³-hybridized carbons (Fsp3) is 0.250. The van der Waals surface area contributed by atoms with Crippen LogP contribution in [-0.4, -0.2) is 17.8 Å². The number of benzene rings is 3. The molecule has 0 N–H and O–H groups in total. The van der Waals surface area contributed by atoms with Crippen LogP contribution in [0.5, 0.6) is 0 Å². The average Bonchev–Trinajstić information content (AvgIpc) is 3.17. The van der Waals surface area contributed by atoms with Crippen molar-refractivity contribution in [3.63, 3.8) is 0 Å². The van der Waals surface area contributed by atoms with Crippen LogP contribution < -0.4 is 5.63 Å². The zero-order chi connectivity index (χ0) is 24.4. The molecule has 0 saturated carbocycles. The Balaban J connectivity index is 1.72. The van der Waals surface area contributed by atoms with Gasteiger partial charge in [-0.25, -0.2) is 4.79 Å². The summed E-state index contributed by atoms with van der Waals surface area (Å²) >= 11 is 0. The molecule has 6 nitrogen and oxygen atoms in total. The normalized spacial score (nSPS) is 18.3. The maximum absolute atomic E-state index is 14.6. The van der Waals surface area contributed by atoms with Gasteiger partial charge in [0.1, 0.15) is 17.4 Å². The first-order valence-electron chi connectivity index (χ1n) is 11.6. The van der Waals surface area contributed by atoms with E-state index in [-0.39, 0.29) is 5.41 Å². The number of hydrogen-bond donors (Lipinski definition) is 0. The van der Waals surface area contributed by atoms with Crippen molar-refractivity contribution in [1.82, 2.24) is 4.57 Å². The fourth-order valence-electron chi connectivity index (χ4n) is 5.11. The van der Waals surface area contributed by atoms with Gasteiger partial charge < -0.3 is 18.0 Å². The van der Waals surface area contributed by atoms with Crippen LogP contribution in [0.3, 0.4) is 0 Å². The van der Waals surface area contributed by atoms with Crippen molar-refractivity contribution in [2.75, 3.05) is 13.2 Å². The Labute approximate surface area is 202 Å². The maximum Gasteiger partial charge on any atom is 0.360 e. The van der Waals surface area contributed by atoms with Crippen molar-refractivity contribution in [2.24, 2.45) is 12.5 Å². The Bertz CT molecular complexity index is 1690. The minimum atomic E-state index is -3.71. The summed E-state index contributed by atoms with van der Waals surface area (Å²) in [6, 6.07) is 21.7. The van der Waals surface area contributed by atoms with Gasteiger partial charge in [-0.05, 0) is 22.4 Å². The van der Waals surface area contributed by atoms with Gasteiger partial charge in [0.25, 0.3) is 0 Å². The fourth-order valence-corrected chi connectivity index (χ4v) is 7.64. The smallest absolute Gasteiger partial charge is 0.360 e. The summed E-state index contributed by atoms with van der Waals surface area (Å²) < 4.78 is 34.2. The van der Waals surface area contributed by atoms with Crippen LogP contribution in [0.25, 0.3) is 32.6 Å². The third-order valence-corrected chi connectivity index (χ3v) is 9.05. The highest BCUT2D eigenvalue weighted by molar-refractivity contribution is 7.54. The quantitative estimate of drug-likeness (QED) is 0.262. The molecule has 3 heterocycles. The third kappa shape index (κ3) is 3.48. The summed E-state index contributed by atoms with van der Waals surface area (Å²) in [5, 5.41) is 3.57. The van der Waals surface area contributed by atoms with Gasteiger partial charge >= 0.3 is 13.2 Å². The molecule has 1 saturated heterocycles. The Kier molecular flexibility index (Phi) is 5.05. The van der Waals surface area contributed by atoms with E-state index in [1.165, 1.54) is 6.26 Å². The SMILES string of the molecule is Cn1c2ccccc2c2c(C(c3cccc4ccccc34)P3(=O)OCC(C)(C)CO3)coc(=O)c21. The minimum absolute atomic E-state index is 0.255. The van der Waals surface area contributed by atoms with Crippen LogP contribution in [0, 0.1) is 5.41 Å². The zero-order valence-electron chi connectivity index (χ0n) is 19.9. The van der Waals surface area contributed by atoms with Crippen LogP contribution in [0.2, 0.25) is 0 Å². The number of para-hydroxylation sites is 1. The molecule has 5 aromatic rings. The number of aryl methyl sites for hydroxylation is 1. The molecule has 0 spiro atoms. The second kappa shape index (κ2) is 7.92. The van der Waals surface area contributed by atoms with E-state index in [2.05, 4.69) is 0 Å². The molecule has 1 unspecified atom stereocenters. The second-order valence-electron chi connectivity index (χ2n) is 10.0. The molecule has 0 bridgehead atoms. The molecule has 0 amide bonds. The predicted molar refractivity (Wildman–Crippen MR) is 138 cm³/mol. The molecular formula is C28H26NO5P. The van der Waals surface area contributed by atoms with Gasteiger partial charge in [-0.2, -0.15) is 0 Å². The number of hydrogen-bond acceptors (Lipinski definition) is 5.